The van der Waals surface area contributed by atoms with Gasteiger partial charge in [-0.2, -0.15) is 0 Å². The van der Waals surface area contributed by atoms with Crippen LogP contribution >= 0.6 is 11.6 Å². The van der Waals surface area contributed by atoms with Gasteiger partial charge in [0.05, 0.1) is 10.4 Å². The lowest BCUT2D eigenvalue weighted by Crippen LogP contribution is -2.17. The van der Waals surface area contributed by atoms with Gasteiger partial charge in [0.2, 0.25) is 0 Å². The summed E-state index contributed by atoms with van der Waals surface area (Å²) in [5, 5.41) is 1.05. The molecule has 2 heterocycles. The Bertz CT molecular complexity index is 1120. The van der Waals surface area contributed by atoms with Crippen LogP contribution in [0.15, 0.2) is 41.4 Å². The molecule has 0 spiro atoms. The Labute approximate surface area is 150 Å². The van der Waals surface area contributed by atoms with Crippen LogP contribution in [0.1, 0.15) is 5.56 Å². The maximum absolute atomic E-state index is 14.3. The fourth-order valence-corrected chi connectivity index (χ4v) is 5.11. The van der Waals surface area contributed by atoms with E-state index in [2.05, 4.69) is 0 Å². The second-order valence-corrected chi connectivity index (χ2v) is 8.72. The number of halogens is 2. The van der Waals surface area contributed by atoms with Crippen LogP contribution in [0.2, 0.25) is 5.02 Å². The Balaban J connectivity index is 2.09. The smallest absolute Gasteiger partial charge is 0.268 e. The number of hydrogen-bond acceptors (Lipinski definition) is 3. The van der Waals surface area contributed by atoms with Gasteiger partial charge >= 0.3 is 0 Å². The molecule has 3 aromatic rings. The van der Waals surface area contributed by atoms with Gasteiger partial charge in [0.15, 0.2) is 0 Å². The molecule has 2 aromatic carbocycles. The van der Waals surface area contributed by atoms with Gasteiger partial charge < -0.3 is 4.90 Å². The Morgan fingerprint density at radius 3 is 2.64 bits per heavy atom. The molecular formula is C18H16ClFN2O2S. The monoisotopic (exact) mass is 378 g/mol. The minimum Gasteiger partial charge on any atom is -0.309 e. The van der Waals surface area contributed by atoms with Crippen molar-refractivity contribution in [3.05, 3.63) is 52.9 Å². The Morgan fingerprint density at radius 1 is 1.16 bits per heavy atom. The van der Waals surface area contributed by atoms with Gasteiger partial charge in [0.25, 0.3) is 10.0 Å². The Kier molecular flexibility index (Phi) is 3.68. The van der Waals surface area contributed by atoms with Gasteiger partial charge in [-0.3, -0.25) is 0 Å². The summed E-state index contributed by atoms with van der Waals surface area (Å²) in [6, 6.07) is 7.38. The second kappa shape index (κ2) is 5.56. The molecule has 7 heteroatoms. The van der Waals surface area contributed by atoms with Crippen LogP contribution < -0.4 is 0 Å². The molecule has 1 aliphatic heterocycles. The van der Waals surface area contributed by atoms with Crippen molar-refractivity contribution in [3.63, 3.8) is 0 Å². The van der Waals surface area contributed by atoms with Crippen LogP contribution in [0, 0.1) is 5.82 Å². The van der Waals surface area contributed by atoms with Crippen molar-refractivity contribution in [1.82, 2.24) is 8.87 Å². The standard InChI is InChI=1S/C18H16ClFN2O2S/c1-21(2)6-5-11-10-22-18-14(11)8-13(20)9-16(18)15-7-12(19)3-4-17(15)25(22,23)24/h3-4,7-10H,5-6H2,1-2H3. The molecule has 4 rings (SSSR count). The molecule has 1 aromatic heterocycles. The molecule has 0 saturated carbocycles. The summed E-state index contributed by atoms with van der Waals surface area (Å²) in [5.74, 6) is -0.392. The molecule has 0 fully saturated rings. The van der Waals surface area contributed by atoms with Crippen molar-refractivity contribution in [1.29, 1.82) is 0 Å². The molecule has 0 radical (unpaired) electrons. The lowest BCUT2D eigenvalue weighted by Gasteiger charge is -2.20. The highest BCUT2D eigenvalue weighted by Crippen LogP contribution is 2.43. The summed E-state index contributed by atoms with van der Waals surface area (Å²) in [7, 11) is 0.152. The third-order valence-corrected chi connectivity index (χ3v) is 6.46. The number of aromatic nitrogens is 1. The van der Waals surface area contributed by atoms with Gasteiger partial charge in [0.1, 0.15) is 5.82 Å². The zero-order chi connectivity index (χ0) is 17.9. The van der Waals surface area contributed by atoms with E-state index < -0.39 is 15.8 Å². The maximum Gasteiger partial charge on any atom is 0.268 e. The van der Waals surface area contributed by atoms with E-state index >= 15 is 0 Å². The molecule has 4 nitrogen and oxygen atoms in total. The first-order chi connectivity index (χ1) is 11.8. The van der Waals surface area contributed by atoms with Crippen molar-refractivity contribution in [2.45, 2.75) is 11.3 Å². The van der Waals surface area contributed by atoms with Crippen molar-refractivity contribution >= 4 is 32.5 Å². The van der Waals surface area contributed by atoms with Gasteiger partial charge in [-0.25, -0.2) is 16.8 Å². The highest BCUT2D eigenvalue weighted by atomic mass is 35.5. The third-order valence-electron chi connectivity index (χ3n) is 4.51. The fraction of sp³-hybridized carbons (Fsp3) is 0.222. The first-order valence-corrected chi connectivity index (χ1v) is 9.64. The zero-order valence-corrected chi connectivity index (χ0v) is 15.3. The molecule has 0 aliphatic carbocycles. The molecule has 0 bridgehead atoms. The number of nitrogens with zero attached hydrogens (tertiary/aromatic N) is 2. The van der Waals surface area contributed by atoms with Crippen LogP contribution in [-0.4, -0.2) is 37.9 Å². The summed E-state index contributed by atoms with van der Waals surface area (Å²) < 4.78 is 41.6. The number of fused-ring (bicyclic) bond motifs is 2. The normalized spacial score (nSPS) is 14.9. The van der Waals surface area contributed by atoms with Gasteiger partial charge in [-0.15, -0.1) is 0 Å². The van der Waals surface area contributed by atoms with E-state index in [0.29, 0.717) is 33.5 Å². The summed E-state index contributed by atoms with van der Waals surface area (Å²) in [6.45, 7) is 0.740. The van der Waals surface area contributed by atoms with Gasteiger partial charge in [0, 0.05) is 34.3 Å². The average molecular weight is 379 g/mol. The maximum atomic E-state index is 14.3. The minimum atomic E-state index is -3.73. The van der Waals surface area contributed by atoms with E-state index in [1.807, 2.05) is 19.0 Å². The fourth-order valence-electron chi connectivity index (χ4n) is 3.34. The summed E-state index contributed by atoms with van der Waals surface area (Å²) >= 11 is 6.06. The molecule has 0 amide bonds. The molecular weight excluding hydrogens is 363 g/mol. The molecule has 0 unspecified atom stereocenters. The predicted octanol–water partition coefficient (Wildman–Crippen LogP) is 3.76. The summed E-state index contributed by atoms with van der Waals surface area (Å²) in [4.78, 5) is 2.15. The van der Waals surface area contributed by atoms with E-state index in [1.165, 1.54) is 28.2 Å². The van der Waals surface area contributed by atoms with Crippen LogP contribution in [-0.2, 0) is 16.4 Å². The largest absolute Gasteiger partial charge is 0.309 e. The quantitative estimate of drug-likeness (QED) is 0.545. The van der Waals surface area contributed by atoms with Crippen molar-refractivity contribution in [3.8, 4) is 11.1 Å². The SMILES string of the molecule is CN(C)CCc1cn2c3c(cc(F)cc13)-c1cc(Cl)ccc1S2(=O)=O. The van der Waals surface area contributed by atoms with Gasteiger partial charge in [-0.1, -0.05) is 11.6 Å². The highest BCUT2D eigenvalue weighted by molar-refractivity contribution is 7.90. The molecule has 1 aliphatic rings. The van der Waals surface area contributed by atoms with Crippen molar-refractivity contribution in [2.75, 3.05) is 20.6 Å². The molecule has 0 N–H and O–H groups in total. The summed E-state index contributed by atoms with van der Waals surface area (Å²) in [5.41, 5.74) is 2.33. The summed E-state index contributed by atoms with van der Waals surface area (Å²) in [6.07, 6.45) is 2.25. The number of rotatable bonds is 3. The highest BCUT2D eigenvalue weighted by Gasteiger charge is 2.32. The van der Waals surface area contributed by atoms with Crippen molar-refractivity contribution in [2.24, 2.45) is 0 Å². The Hall–Kier alpha value is -1.89. The van der Waals surface area contributed by atoms with E-state index in [4.69, 9.17) is 11.6 Å². The van der Waals surface area contributed by atoms with Crippen LogP contribution in [0.25, 0.3) is 22.0 Å². The van der Waals surface area contributed by atoms with E-state index in [-0.39, 0.29) is 4.90 Å². The Morgan fingerprint density at radius 2 is 1.92 bits per heavy atom. The topological polar surface area (TPSA) is 42.3 Å². The molecule has 0 atom stereocenters. The molecule has 0 saturated heterocycles. The van der Waals surface area contributed by atoms with E-state index in [1.54, 1.807) is 12.3 Å². The first kappa shape index (κ1) is 16.6. The number of hydrogen-bond donors (Lipinski definition) is 0. The second-order valence-electron chi connectivity index (χ2n) is 6.50. The minimum absolute atomic E-state index is 0.144. The van der Waals surface area contributed by atoms with Crippen LogP contribution in [0.5, 0.6) is 0 Å². The van der Waals surface area contributed by atoms with Gasteiger partial charge in [-0.05, 0) is 56.4 Å². The van der Waals surface area contributed by atoms with Crippen LogP contribution in [0.3, 0.4) is 0 Å². The lowest BCUT2D eigenvalue weighted by atomic mass is 10.0. The first-order valence-electron chi connectivity index (χ1n) is 7.83. The molecule has 25 heavy (non-hydrogen) atoms. The van der Waals surface area contributed by atoms with E-state index in [0.717, 1.165) is 12.1 Å². The number of likely N-dealkylation sites (N-methyl/N-ethyl adjacent to an activating group) is 1. The lowest BCUT2D eigenvalue weighted by molar-refractivity contribution is 0.414. The average Bonchev–Trinajstić information content (AvgIpc) is 2.90. The van der Waals surface area contributed by atoms with Crippen molar-refractivity contribution < 1.29 is 12.8 Å². The van der Waals surface area contributed by atoms with Crippen LogP contribution in [0.4, 0.5) is 4.39 Å². The third kappa shape index (κ3) is 2.47. The predicted molar refractivity (Wildman–Crippen MR) is 97.2 cm³/mol. The molecule has 130 valence electrons. The van der Waals surface area contributed by atoms with E-state index in [9.17, 15) is 12.8 Å². The number of benzene rings is 2. The zero-order valence-electron chi connectivity index (χ0n) is 13.8.